The number of nitrogens with zero attached hydrogens (tertiary/aromatic N) is 1. The lowest BCUT2D eigenvalue weighted by Gasteiger charge is -2.13. The van der Waals surface area contributed by atoms with E-state index in [1.54, 1.807) is 4.90 Å². The maximum atomic E-state index is 11.0. The van der Waals surface area contributed by atoms with Crippen molar-refractivity contribution in [1.29, 1.82) is 0 Å². The SMILES string of the molecule is NOC(=O)N1CC2CCCC2C1. The second-order valence-corrected chi connectivity index (χ2v) is 3.74. The smallest absolute Gasteiger partial charge is 0.357 e. The molecular formula is C8H14N2O2. The van der Waals surface area contributed by atoms with E-state index in [1.807, 2.05) is 0 Å². The minimum atomic E-state index is -0.371. The summed E-state index contributed by atoms with van der Waals surface area (Å²) in [5, 5.41) is 0. The van der Waals surface area contributed by atoms with E-state index in [1.165, 1.54) is 19.3 Å². The molecular weight excluding hydrogens is 156 g/mol. The summed E-state index contributed by atoms with van der Waals surface area (Å²) in [7, 11) is 0. The van der Waals surface area contributed by atoms with Crippen LogP contribution >= 0.6 is 0 Å². The average molecular weight is 170 g/mol. The number of rotatable bonds is 0. The Morgan fingerprint density at radius 3 is 2.42 bits per heavy atom. The first-order valence-corrected chi connectivity index (χ1v) is 4.47. The molecule has 0 bridgehead atoms. The highest BCUT2D eigenvalue weighted by atomic mass is 16.7. The summed E-state index contributed by atoms with van der Waals surface area (Å²) in [6.07, 6.45) is 3.48. The van der Waals surface area contributed by atoms with Crippen LogP contribution in [0.3, 0.4) is 0 Å². The number of carbonyl (C=O) groups is 1. The lowest BCUT2D eigenvalue weighted by atomic mass is 10.0. The highest BCUT2D eigenvalue weighted by Gasteiger charge is 2.38. The molecule has 12 heavy (non-hydrogen) atoms. The third-order valence-electron chi connectivity index (χ3n) is 3.09. The zero-order valence-corrected chi connectivity index (χ0v) is 7.03. The Kier molecular flexibility index (Phi) is 1.92. The summed E-state index contributed by atoms with van der Waals surface area (Å²) in [5.74, 6) is 6.24. The van der Waals surface area contributed by atoms with Crippen LogP contribution in [-0.2, 0) is 4.84 Å². The maximum Gasteiger partial charge on any atom is 0.428 e. The van der Waals surface area contributed by atoms with Crippen LogP contribution in [0.4, 0.5) is 4.79 Å². The van der Waals surface area contributed by atoms with Crippen molar-refractivity contribution in [2.75, 3.05) is 13.1 Å². The fraction of sp³-hybridized carbons (Fsp3) is 0.875. The van der Waals surface area contributed by atoms with Gasteiger partial charge in [0.2, 0.25) is 0 Å². The lowest BCUT2D eigenvalue weighted by molar-refractivity contribution is 0.108. The van der Waals surface area contributed by atoms with Crippen LogP contribution in [0.25, 0.3) is 0 Å². The lowest BCUT2D eigenvalue weighted by Crippen LogP contribution is -2.31. The third kappa shape index (κ3) is 1.16. The summed E-state index contributed by atoms with van der Waals surface area (Å²) in [6.45, 7) is 1.70. The third-order valence-corrected chi connectivity index (χ3v) is 3.09. The van der Waals surface area contributed by atoms with Crippen molar-refractivity contribution >= 4 is 6.09 Å². The van der Waals surface area contributed by atoms with Gasteiger partial charge in [-0.05, 0) is 24.7 Å². The Morgan fingerprint density at radius 1 is 1.33 bits per heavy atom. The van der Waals surface area contributed by atoms with E-state index in [4.69, 9.17) is 5.90 Å². The van der Waals surface area contributed by atoms with Crippen molar-refractivity contribution in [1.82, 2.24) is 4.90 Å². The Labute approximate surface area is 71.6 Å². The minimum Gasteiger partial charge on any atom is -0.357 e. The van der Waals surface area contributed by atoms with Crippen LogP contribution in [0.5, 0.6) is 0 Å². The van der Waals surface area contributed by atoms with Crippen molar-refractivity contribution in [2.24, 2.45) is 17.7 Å². The first kappa shape index (κ1) is 7.86. The van der Waals surface area contributed by atoms with E-state index in [-0.39, 0.29) is 6.09 Å². The Morgan fingerprint density at radius 2 is 1.92 bits per heavy atom. The van der Waals surface area contributed by atoms with E-state index < -0.39 is 0 Å². The number of nitrogens with two attached hydrogens (primary N) is 1. The van der Waals surface area contributed by atoms with Gasteiger partial charge in [-0.25, -0.2) is 4.79 Å². The summed E-state index contributed by atoms with van der Waals surface area (Å²) < 4.78 is 0. The van der Waals surface area contributed by atoms with Crippen molar-refractivity contribution in [3.63, 3.8) is 0 Å². The molecule has 2 rings (SSSR count). The topological polar surface area (TPSA) is 55.6 Å². The molecule has 2 unspecified atom stereocenters. The Hall–Kier alpha value is -0.770. The molecule has 1 aliphatic carbocycles. The second kappa shape index (κ2) is 2.94. The molecule has 1 saturated heterocycles. The van der Waals surface area contributed by atoms with Gasteiger partial charge in [0.25, 0.3) is 0 Å². The summed E-state index contributed by atoms with van der Waals surface area (Å²) >= 11 is 0. The van der Waals surface area contributed by atoms with Gasteiger partial charge in [-0.3, -0.25) is 0 Å². The number of amides is 1. The minimum absolute atomic E-state index is 0.371. The molecule has 0 aromatic heterocycles. The predicted octanol–water partition coefficient (Wildman–Crippen LogP) is 0.729. The molecule has 0 spiro atoms. The fourth-order valence-corrected chi connectivity index (χ4v) is 2.46. The van der Waals surface area contributed by atoms with Crippen molar-refractivity contribution in [3.05, 3.63) is 0 Å². The molecule has 2 atom stereocenters. The number of carbonyl (C=O) groups excluding carboxylic acids is 1. The van der Waals surface area contributed by atoms with Crippen LogP contribution in [0.2, 0.25) is 0 Å². The summed E-state index contributed by atoms with van der Waals surface area (Å²) in [6, 6.07) is 0. The van der Waals surface area contributed by atoms with Crippen LogP contribution in [0, 0.1) is 11.8 Å². The molecule has 0 radical (unpaired) electrons. The van der Waals surface area contributed by atoms with Crippen molar-refractivity contribution in [3.8, 4) is 0 Å². The molecule has 1 saturated carbocycles. The highest BCUT2D eigenvalue weighted by Crippen LogP contribution is 2.37. The van der Waals surface area contributed by atoms with Gasteiger partial charge in [0.05, 0.1) is 0 Å². The zero-order valence-electron chi connectivity index (χ0n) is 7.03. The monoisotopic (exact) mass is 170 g/mol. The molecule has 2 fully saturated rings. The molecule has 1 heterocycles. The quantitative estimate of drug-likeness (QED) is 0.545. The van der Waals surface area contributed by atoms with Gasteiger partial charge in [-0.15, -0.1) is 0 Å². The average Bonchev–Trinajstić information content (AvgIpc) is 2.60. The van der Waals surface area contributed by atoms with Crippen molar-refractivity contribution in [2.45, 2.75) is 19.3 Å². The van der Waals surface area contributed by atoms with Crippen molar-refractivity contribution < 1.29 is 9.63 Å². The molecule has 0 aromatic carbocycles. The van der Waals surface area contributed by atoms with Crippen LogP contribution in [0.1, 0.15) is 19.3 Å². The van der Waals surface area contributed by atoms with E-state index in [2.05, 4.69) is 4.84 Å². The molecule has 68 valence electrons. The second-order valence-electron chi connectivity index (χ2n) is 3.74. The highest BCUT2D eigenvalue weighted by molar-refractivity contribution is 5.67. The van der Waals surface area contributed by atoms with Gasteiger partial charge in [0.15, 0.2) is 0 Å². The molecule has 1 amide bonds. The van der Waals surface area contributed by atoms with Crippen LogP contribution in [0.15, 0.2) is 0 Å². The van der Waals surface area contributed by atoms with Gasteiger partial charge in [0, 0.05) is 13.1 Å². The Balaban J connectivity index is 1.94. The van der Waals surface area contributed by atoms with Gasteiger partial charge in [-0.1, -0.05) is 6.42 Å². The molecule has 0 aromatic rings. The molecule has 2 aliphatic rings. The number of fused-ring (bicyclic) bond motifs is 1. The standard InChI is InChI=1S/C8H14N2O2/c9-12-8(11)10-4-6-2-1-3-7(6)5-10/h6-7H,1-5,9H2. The fourth-order valence-electron chi connectivity index (χ4n) is 2.46. The maximum absolute atomic E-state index is 11.0. The number of hydrogen-bond donors (Lipinski definition) is 1. The Bertz CT molecular complexity index is 183. The summed E-state index contributed by atoms with van der Waals surface area (Å²) in [4.78, 5) is 16.9. The largest absolute Gasteiger partial charge is 0.428 e. The van der Waals surface area contributed by atoms with E-state index in [0.717, 1.165) is 13.1 Å². The van der Waals surface area contributed by atoms with E-state index >= 15 is 0 Å². The molecule has 2 N–H and O–H groups in total. The summed E-state index contributed by atoms with van der Waals surface area (Å²) in [5.41, 5.74) is 0. The number of likely N-dealkylation sites (tertiary alicyclic amines) is 1. The zero-order chi connectivity index (χ0) is 8.55. The molecule has 4 heteroatoms. The van der Waals surface area contributed by atoms with Gasteiger partial charge in [0.1, 0.15) is 0 Å². The van der Waals surface area contributed by atoms with Gasteiger partial charge < -0.3 is 9.74 Å². The number of hydrogen-bond acceptors (Lipinski definition) is 3. The first-order valence-electron chi connectivity index (χ1n) is 4.47. The van der Waals surface area contributed by atoms with E-state index in [0.29, 0.717) is 11.8 Å². The van der Waals surface area contributed by atoms with E-state index in [9.17, 15) is 4.79 Å². The van der Waals surface area contributed by atoms with Gasteiger partial charge in [-0.2, -0.15) is 5.90 Å². The van der Waals surface area contributed by atoms with Gasteiger partial charge >= 0.3 is 6.09 Å². The normalized spacial score (nSPS) is 33.6. The first-order chi connectivity index (χ1) is 5.81. The predicted molar refractivity (Wildman–Crippen MR) is 43.1 cm³/mol. The molecule has 4 nitrogen and oxygen atoms in total. The van der Waals surface area contributed by atoms with Crippen LogP contribution in [-0.4, -0.2) is 24.1 Å². The molecule has 1 aliphatic heterocycles. The van der Waals surface area contributed by atoms with Crippen LogP contribution < -0.4 is 5.90 Å².